The minimum atomic E-state index is -0.256. The Morgan fingerprint density at radius 3 is 2.53 bits per heavy atom. The Labute approximate surface area is 129 Å². The van der Waals surface area contributed by atoms with E-state index in [9.17, 15) is 4.79 Å². The van der Waals surface area contributed by atoms with Crippen LogP contribution < -0.4 is 5.32 Å². The molecule has 0 saturated heterocycles. The lowest BCUT2D eigenvalue weighted by atomic mass is 10.2. The monoisotopic (exact) mass is 357 g/mol. The third-order valence-corrected chi connectivity index (χ3v) is 3.49. The molecule has 0 fully saturated rings. The van der Waals surface area contributed by atoms with Crippen LogP contribution in [0, 0.1) is 6.92 Å². The van der Waals surface area contributed by atoms with E-state index in [2.05, 4.69) is 21.2 Å². The summed E-state index contributed by atoms with van der Waals surface area (Å²) in [5, 5.41) is 3.76. The summed E-state index contributed by atoms with van der Waals surface area (Å²) in [7, 11) is 0. The Bertz CT molecular complexity index is 623. The van der Waals surface area contributed by atoms with Crippen molar-refractivity contribution in [1.29, 1.82) is 0 Å². The summed E-state index contributed by atoms with van der Waals surface area (Å²) in [5.74, 6) is -0.256. The fraction of sp³-hybridized carbons (Fsp3) is 0.0714. The molecule has 0 aliphatic heterocycles. The number of anilines is 1. The van der Waals surface area contributed by atoms with Crippen molar-refractivity contribution < 1.29 is 4.79 Å². The summed E-state index contributed by atoms with van der Waals surface area (Å²) >= 11 is 15.3. The molecule has 98 valence electrons. The molecule has 0 bridgehead atoms. The topological polar surface area (TPSA) is 29.1 Å². The Hall–Kier alpha value is -1.03. The zero-order valence-corrected chi connectivity index (χ0v) is 13.1. The van der Waals surface area contributed by atoms with Crippen molar-refractivity contribution in [2.24, 2.45) is 0 Å². The van der Waals surface area contributed by atoms with Gasteiger partial charge < -0.3 is 5.32 Å². The van der Waals surface area contributed by atoms with E-state index in [1.807, 2.05) is 13.0 Å². The standard InChI is InChI=1S/C14H10BrCl2NO/c1-8-2-3-13(12(17)4-8)18-14(19)9-5-10(15)7-11(16)6-9/h2-7H,1H3,(H,18,19). The van der Waals surface area contributed by atoms with Gasteiger partial charge >= 0.3 is 0 Å². The molecule has 0 radical (unpaired) electrons. The van der Waals surface area contributed by atoms with Gasteiger partial charge in [-0.1, -0.05) is 45.2 Å². The Kier molecular flexibility index (Phi) is 4.50. The van der Waals surface area contributed by atoms with Gasteiger partial charge in [-0.05, 0) is 42.8 Å². The van der Waals surface area contributed by atoms with Gasteiger partial charge in [0.25, 0.3) is 5.91 Å². The summed E-state index contributed by atoms with van der Waals surface area (Å²) < 4.78 is 0.750. The largest absolute Gasteiger partial charge is 0.321 e. The van der Waals surface area contributed by atoms with Crippen LogP contribution in [-0.2, 0) is 0 Å². The molecular weight excluding hydrogens is 349 g/mol. The number of carbonyl (C=O) groups excluding carboxylic acids is 1. The van der Waals surface area contributed by atoms with Crippen LogP contribution in [-0.4, -0.2) is 5.91 Å². The number of aryl methyl sites for hydroxylation is 1. The van der Waals surface area contributed by atoms with Gasteiger partial charge in [-0.15, -0.1) is 0 Å². The molecule has 2 rings (SSSR count). The van der Waals surface area contributed by atoms with Gasteiger partial charge in [0, 0.05) is 15.1 Å². The van der Waals surface area contributed by atoms with E-state index in [1.54, 1.807) is 30.3 Å². The molecule has 19 heavy (non-hydrogen) atoms. The molecule has 0 unspecified atom stereocenters. The number of nitrogens with one attached hydrogen (secondary N) is 1. The lowest BCUT2D eigenvalue weighted by Gasteiger charge is -2.08. The van der Waals surface area contributed by atoms with E-state index < -0.39 is 0 Å². The Morgan fingerprint density at radius 2 is 1.89 bits per heavy atom. The summed E-state index contributed by atoms with van der Waals surface area (Å²) in [6, 6.07) is 10.5. The minimum Gasteiger partial charge on any atom is -0.321 e. The fourth-order valence-electron chi connectivity index (χ4n) is 1.60. The lowest BCUT2D eigenvalue weighted by Crippen LogP contribution is -2.12. The van der Waals surface area contributed by atoms with Crippen LogP contribution >= 0.6 is 39.1 Å². The molecule has 0 atom stereocenters. The van der Waals surface area contributed by atoms with E-state index in [0.29, 0.717) is 21.3 Å². The molecule has 0 spiro atoms. The molecule has 1 N–H and O–H groups in total. The first-order chi connectivity index (χ1) is 8.95. The van der Waals surface area contributed by atoms with Crippen molar-refractivity contribution in [3.8, 4) is 0 Å². The quantitative estimate of drug-likeness (QED) is 0.773. The van der Waals surface area contributed by atoms with Gasteiger partial charge in [0.05, 0.1) is 10.7 Å². The molecule has 1 amide bonds. The highest BCUT2D eigenvalue weighted by molar-refractivity contribution is 9.10. The van der Waals surface area contributed by atoms with E-state index in [4.69, 9.17) is 23.2 Å². The first-order valence-electron chi connectivity index (χ1n) is 5.49. The third kappa shape index (κ3) is 3.72. The van der Waals surface area contributed by atoms with Gasteiger partial charge in [-0.25, -0.2) is 0 Å². The highest BCUT2D eigenvalue weighted by atomic mass is 79.9. The number of halogens is 3. The summed E-state index contributed by atoms with van der Waals surface area (Å²) in [6.07, 6.45) is 0. The van der Waals surface area contributed by atoms with Crippen molar-refractivity contribution in [3.05, 3.63) is 62.0 Å². The smallest absolute Gasteiger partial charge is 0.255 e. The summed E-state index contributed by atoms with van der Waals surface area (Å²) in [5.41, 5.74) is 2.08. The normalized spacial score (nSPS) is 10.3. The predicted octanol–water partition coefficient (Wildman–Crippen LogP) is 5.32. The number of benzene rings is 2. The van der Waals surface area contributed by atoms with Gasteiger partial charge in [-0.2, -0.15) is 0 Å². The Morgan fingerprint density at radius 1 is 1.16 bits per heavy atom. The number of hydrogen-bond acceptors (Lipinski definition) is 1. The SMILES string of the molecule is Cc1ccc(NC(=O)c2cc(Cl)cc(Br)c2)c(Cl)c1. The molecule has 0 saturated carbocycles. The third-order valence-electron chi connectivity index (χ3n) is 2.50. The van der Waals surface area contributed by atoms with E-state index >= 15 is 0 Å². The zero-order valence-electron chi connectivity index (χ0n) is 10.0. The van der Waals surface area contributed by atoms with Gasteiger partial charge in [0.1, 0.15) is 0 Å². The maximum absolute atomic E-state index is 12.1. The molecule has 0 heterocycles. The van der Waals surface area contributed by atoms with Gasteiger partial charge in [0.2, 0.25) is 0 Å². The van der Waals surface area contributed by atoms with Gasteiger partial charge in [0.15, 0.2) is 0 Å². The Balaban J connectivity index is 2.25. The second kappa shape index (κ2) is 5.95. The fourth-order valence-corrected chi connectivity index (χ4v) is 2.74. The first-order valence-corrected chi connectivity index (χ1v) is 7.04. The highest BCUT2D eigenvalue weighted by Gasteiger charge is 2.10. The lowest BCUT2D eigenvalue weighted by molar-refractivity contribution is 0.102. The molecule has 2 aromatic rings. The molecule has 0 aromatic heterocycles. The second-order valence-corrected chi connectivity index (χ2v) is 5.85. The maximum atomic E-state index is 12.1. The predicted molar refractivity (Wildman–Crippen MR) is 83.3 cm³/mol. The van der Waals surface area contributed by atoms with Crippen molar-refractivity contribution in [1.82, 2.24) is 0 Å². The van der Waals surface area contributed by atoms with Crippen molar-refractivity contribution in [2.45, 2.75) is 6.92 Å². The van der Waals surface area contributed by atoms with Crippen LogP contribution in [0.1, 0.15) is 15.9 Å². The molecule has 5 heteroatoms. The van der Waals surface area contributed by atoms with E-state index in [-0.39, 0.29) is 5.91 Å². The maximum Gasteiger partial charge on any atom is 0.255 e. The second-order valence-electron chi connectivity index (χ2n) is 4.10. The highest BCUT2D eigenvalue weighted by Crippen LogP contribution is 2.25. The number of hydrogen-bond donors (Lipinski definition) is 1. The molecule has 2 nitrogen and oxygen atoms in total. The average Bonchev–Trinajstić information content (AvgIpc) is 2.31. The van der Waals surface area contributed by atoms with Crippen molar-refractivity contribution >= 4 is 50.7 Å². The van der Waals surface area contributed by atoms with E-state index in [1.165, 1.54) is 0 Å². The summed E-state index contributed by atoms with van der Waals surface area (Å²) in [6.45, 7) is 1.94. The average molecular weight is 359 g/mol. The molecule has 2 aromatic carbocycles. The van der Waals surface area contributed by atoms with E-state index in [0.717, 1.165) is 10.0 Å². The zero-order chi connectivity index (χ0) is 14.0. The minimum absolute atomic E-state index is 0.256. The summed E-state index contributed by atoms with van der Waals surface area (Å²) in [4.78, 5) is 12.1. The number of amides is 1. The van der Waals surface area contributed by atoms with Crippen molar-refractivity contribution in [2.75, 3.05) is 5.32 Å². The first kappa shape index (κ1) is 14.4. The number of carbonyl (C=O) groups is 1. The van der Waals surface area contributed by atoms with Crippen LogP contribution in [0.15, 0.2) is 40.9 Å². The van der Waals surface area contributed by atoms with Crippen LogP contribution in [0.5, 0.6) is 0 Å². The molecule has 0 aliphatic rings. The van der Waals surface area contributed by atoms with Crippen LogP contribution in [0.2, 0.25) is 10.0 Å². The van der Waals surface area contributed by atoms with Crippen LogP contribution in [0.4, 0.5) is 5.69 Å². The molecular formula is C14H10BrCl2NO. The van der Waals surface area contributed by atoms with Crippen molar-refractivity contribution in [3.63, 3.8) is 0 Å². The van der Waals surface area contributed by atoms with Crippen LogP contribution in [0.25, 0.3) is 0 Å². The van der Waals surface area contributed by atoms with Crippen LogP contribution in [0.3, 0.4) is 0 Å². The number of rotatable bonds is 2. The van der Waals surface area contributed by atoms with Gasteiger partial charge in [-0.3, -0.25) is 4.79 Å². The molecule has 0 aliphatic carbocycles.